The van der Waals surface area contributed by atoms with Crippen molar-refractivity contribution < 1.29 is 4.79 Å². The fourth-order valence-electron chi connectivity index (χ4n) is 1.71. The van der Waals surface area contributed by atoms with Crippen LogP contribution in [0.1, 0.15) is 18.3 Å². The van der Waals surface area contributed by atoms with Gasteiger partial charge in [0.2, 0.25) is 17.8 Å². The van der Waals surface area contributed by atoms with Crippen molar-refractivity contribution in [2.24, 2.45) is 0 Å². The van der Waals surface area contributed by atoms with Crippen molar-refractivity contribution in [2.75, 3.05) is 16.8 Å². The lowest BCUT2D eigenvalue weighted by atomic mass is 10.1. The summed E-state index contributed by atoms with van der Waals surface area (Å²) in [5, 5.41) is 11.9. The molecule has 1 amide bonds. The molecule has 110 valence electrons. The van der Waals surface area contributed by atoms with Crippen molar-refractivity contribution in [3.05, 3.63) is 35.7 Å². The Balaban J connectivity index is 2.32. The van der Waals surface area contributed by atoms with E-state index in [1.807, 2.05) is 6.07 Å². The highest BCUT2D eigenvalue weighted by molar-refractivity contribution is 5.90. The lowest BCUT2D eigenvalue weighted by Crippen LogP contribution is -2.06. The topological polar surface area (TPSA) is 144 Å². The smallest absolute Gasteiger partial charge is 0.225 e. The van der Waals surface area contributed by atoms with Crippen molar-refractivity contribution in [1.29, 1.82) is 5.26 Å². The van der Waals surface area contributed by atoms with Crippen molar-refractivity contribution in [1.82, 2.24) is 15.0 Å². The van der Waals surface area contributed by atoms with Gasteiger partial charge in [-0.15, -0.1) is 0 Å². The molecule has 22 heavy (non-hydrogen) atoms. The SMILES string of the molecule is CC(=O)Nc1ccc(/C=C(/C#N)c2nc(N)nc(N)n2)cc1. The normalized spacial score (nSPS) is 10.8. The first-order chi connectivity index (χ1) is 10.5. The Hall–Kier alpha value is -3.47. The largest absolute Gasteiger partial charge is 0.368 e. The number of carbonyl (C=O) groups excluding carboxylic acids is 1. The molecule has 0 saturated heterocycles. The van der Waals surface area contributed by atoms with E-state index in [0.29, 0.717) is 5.69 Å². The lowest BCUT2D eigenvalue weighted by Gasteiger charge is -2.03. The third-order valence-electron chi connectivity index (χ3n) is 2.57. The number of carbonyl (C=O) groups is 1. The van der Waals surface area contributed by atoms with Crippen LogP contribution in [-0.4, -0.2) is 20.9 Å². The summed E-state index contributed by atoms with van der Waals surface area (Å²) in [6.07, 6.45) is 1.59. The summed E-state index contributed by atoms with van der Waals surface area (Å²) in [6, 6.07) is 8.93. The van der Waals surface area contributed by atoms with Crippen molar-refractivity contribution in [3.8, 4) is 6.07 Å². The minimum Gasteiger partial charge on any atom is -0.368 e. The van der Waals surface area contributed by atoms with E-state index in [1.54, 1.807) is 30.3 Å². The minimum absolute atomic E-state index is 0.0512. The van der Waals surface area contributed by atoms with Gasteiger partial charge in [-0.3, -0.25) is 4.79 Å². The van der Waals surface area contributed by atoms with E-state index in [0.717, 1.165) is 5.56 Å². The molecule has 0 spiro atoms. The van der Waals surface area contributed by atoms with Gasteiger partial charge >= 0.3 is 0 Å². The summed E-state index contributed by atoms with van der Waals surface area (Å²) >= 11 is 0. The molecule has 0 radical (unpaired) electrons. The number of allylic oxidation sites excluding steroid dienone is 1. The van der Waals surface area contributed by atoms with E-state index >= 15 is 0 Å². The molecule has 0 aliphatic heterocycles. The second kappa shape index (κ2) is 6.32. The molecular weight excluding hydrogens is 282 g/mol. The Morgan fingerprint density at radius 1 is 1.18 bits per heavy atom. The van der Waals surface area contributed by atoms with Gasteiger partial charge in [-0.05, 0) is 23.8 Å². The standard InChI is InChI=1S/C14H13N7O/c1-8(22)18-11-4-2-9(3-5-11)6-10(7-15)12-19-13(16)21-14(17)20-12/h2-6H,1H3,(H,18,22)(H4,16,17,19,20,21)/b10-6-. The molecule has 1 heterocycles. The number of hydrogen-bond acceptors (Lipinski definition) is 7. The first-order valence-electron chi connectivity index (χ1n) is 6.25. The van der Waals surface area contributed by atoms with Crippen LogP contribution in [0.4, 0.5) is 17.6 Å². The van der Waals surface area contributed by atoms with Gasteiger partial charge in [-0.2, -0.15) is 20.2 Å². The van der Waals surface area contributed by atoms with Gasteiger partial charge in [0.1, 0.15) is 6.07 Å². The summed E-state index contributed by atoms with van der Waals surface area (Å²) in [7, 11) is 0. The van der Waals surface area contributed by atoms with Crippen LogP contribution in [0.5, 0.6) is 0 Å². The highest BCUT2D eigenvalue weighted by atomic mass is 16.1. The van der Waals surface area contributed by atoms with Crippen LogP contribution in [0.3, 0.4) is 0 Å². The van der Waals surface area contributed by atoms with Gasteiger partial charge in [0.05, 0.1) is 5.57 Å². The number of rotatable bonds is 3. The van der Waals surface area contributed by atoms with Crippen LogP contribution >= 0.6 is 0 Å². The first kappa shape index (κ1) is 14.9. The number of nitrogen functional groups attached to an aromatic ring is 2. The van der Waals surface area contributed by atoms with Crippen LogP contribution in [0.2, 0.25) is 0 Å². The molecule has 0 saturated carbocycles. The van der Waals surface area contributed by atoms with Gasteiger partial charge in [-0.1, -0.05) is 12.1 Å². The molecule has 0 aliphatic carbocycles. The van der Waals surface area contributed by atoms with E-state index in [1.165, 1.54) is 6.92 Å². The number of benzene rings is 1. The fourth-order valence-corrected chi connectivity index (χ4v) is 1.71. The van der Waals surface area contributed by atoms with Crippen molar-refractivity contribution >= 4 is 35.1 Å². The fraction of sp³-hybridized carbons (Fsp3) is 0.0714. The number of aromatic nitrogens is 3. The van der Waals surface area contributed by atoms with Crippen LogP contribution in [0.25, 0.3) is 11.6 Å². The maximum absolute atomic E-state index is 11.0. The van der Waals surface area contributed by atoms with Gasteiger partial charge in [0.25, 0.3) is 0 Å². The molecule has 0 unspecified atom stereocenters. The minimum atomic E-state index is -0.155. The van der Waals surface area contributed by atoms with E-state index in [2.05, 4.69) is 20.3 Å². The van der Waals surface area contributed by atoms with Gasteiger partial charge in [0.15, 0.2) is 5.82 Å². The second-order valence-electron chi connectivity index (χ2n) is 4.35. The molecule has 2 aromatic rings. The molecule has 1 aromatic heterocycles. The van der Waals surface area contributed by atoms with Crippen LogP contribution < -0.4 is 16.8 Å². The Morgan fingerprint density at radius 2 is 1.77 bits per heavy atom. The summed E-state index contributed by atoms with van der Waals surface area (Å²) in [5.41, 5.74) is 12.6. The van der Waals surface area contributed by atoms with Gasteiger partial charge < -0.3 is 16.8 Å². The first-order valence-corrected chi connectivity index (χ1v) is 6.25. The Labute approximate surface area is 126 Å². The molecular formula is C14H13N7O. The van der Waals surface area contributed by atoms with Gasteiger partial charge in [-0.25, -0.2) is 0 Å². The molecule has 0 aliphatic rings. The number of nitrogens with zero attached hydrogens (tertiary/aromatic N) is 4. The second-order valence-corrected chi connectivity index (χ2v) is 4.35. The molecule has 0 bridgehead atoms. The maximum atomic E-state index is 11.0. The highest BCUT2D eigenvalue weighted by Gasteiger charge is 2.08. The average Bonchev–Trinajstić information content (AvgIpc) is 2.44. The molecule has 8 heteroatoms. The molecule has 8 nitrogen and oxygen atoms in total. The quantitative estimate of drug-likeness (QED) is 0.718. The van der Waals surface area contributed by atoms with Crippen LogP contribution in [0, 0.1) is 11.3 Å². The van der Waals surface area contributed by atoms with Gasteiger partial charge in [0, 0.05) is 12.6 Å². The van der Waals surface area contributed by atoms with E-state index in [4.69, 9.17) is 11.5 Å². The number of anilines is 3. The Kier molecular flexibility index (Phi) is 4.29. The third kappa shape index (κ3) is 3.77. The number of nitriles is 1. The molecule has 5 N–H and O–H groups in total. The third-order valence-corrected chi connectivity index (χ3v) is 2.57. The van der Waals surface area contributed by atoms with E-state index < -0.39 is 0 Å². The summed E-state index contributed by atoms with van der Waals surface area (Å²) in [4.78, 5) is 22.4. The zero-order valence-electron chi connectivity index (χ0n) is 11.7. The average molecular weight is 295 g/mol. The maximum Gasteiger partial charge on any atom is 0.225 e. The Morgan fingerprint density at radius 3 is 2.27 bits per heavy atom. The van der Waals surface area contributed by atoms with Crippen LogP contribution in [-0.2, 0) is 4.79 Å². The van der Waals surface area contributed by atoms with Crippen LogP contribution in [0.15, 0.2) is 24.3 Å². The predicted molar refractivity (Wildman–Crippen MR) is 82.9 cm³/mol. The summed E-state index contributed by atoms with van der Waals surface area (Å²) in [6.45, 7) is 1.43. The molecule has 2 rings (SSSR count). The number of hydrogen-bond donors (Lipinski definition) is 3. The number of nitrogens with one attached hydrogen (secondary N) is 1. The molecule has 0 fully saturated rings. The van der Waals surface area contributed by atoms with Crippen molar-refractivity contribution in [2.45, 2.75) is 6.92 Å². The van der Waals surface area contributed by atoms with E-state index in [9.17, 15) is 10.1 Å². The lowest BCUT2D eigenvalue weighted by molar-refractivity contribution is -0.114. The highest BCUT2D eigenvalue weighted by Crippen LogP contribution is 2.17. The van der Waals surface area contributed by atoms with E-state index in [-0.39, 0.29) is 29.2 Å². The molecule has 1 aromatic carbocycles. The Bertz CT molecular complexity index is 755. The van der Waals surface area contributed by atoms with Crippen molar-refractivity contribution in [3.63, 3.8) is 0 Å². The summed E-state index contributed by atoms with van der Waals surface area (Å²) < 4.78 is 0. The monoisotopic (exact) mass is 295 g/mol. The number of nitrogens with two attached hydrogens (primary N) is 2. The zero-order valence-corrected chi connectivity index (χ0v) is 11.7. The number of amides is 1. The zero-order chi connectivity index (χ0) is 16.1. The predicted octanol–water partition coefficient (Wildman–Crippen LogP) is 1.06. The molecule has 0 atom stereocenters. The summed E-state index contributed by atoms with van der Waals surface area (Å²) in [5.74, 6) is -0.148.